The van der Waals surface area contributed by atoms with E-state index >= 15 is 0 Å². The molecule has 0 amide bonds. The van der Waals surface area contributed by atoms with Crippen molar-refractivity contribution in [2.45, 2.75) is 0 Å². The van der Waals surface area contributed by atoms with Crippen LogP contribution in [0.2, 0.25) is 0 Å². The zero-order valence-corrected chi connectivity index (χ0v) is 9.70. The summed E-state index contributed by atoms with van der Waals surface area (Å²) in [6.07, 6.45) is 0.833. The number of hydrogen-bond donors (Lipinski definition) is 1. The predicted molar refractivity (Wildman–Crippen MR) is 43.9 cm³/mol. The number of carboxylic acids is 1. The molecule has 0 aromatic heterocycles. The van der Waals surface area contributed by atoms with Crippen LogP contribution < -0.4 is 4.16 Å². The monoisotopic (exact) mass is 213 g/mol. The predicted octanol–water partition coefficient (Wildman–Crippen LogP) is 1.12. The van der Waals surface area contributed by atoms with E-state index in [4.69, 9.17) is 5.11 Å². The summed E-state index contributed by atoms with van der Waals surface area (Å²) in [5, 5.41) is 7.60. The molecule has 1 aromatic carbocycles. The van der Waals surface area contributed by atoms with Gasteiger partial charge in [-0.05, 0) is 0 Å². The summed E-state index contributed by atoms with van der Waals surface area (Å²) in [4.78, 5) is 9.25. The fourth-order valence-corrected chi connectivity index (χ4v) is 1.05. The molecule has 3 heteroatoms. The van der Waals surface area contributed by atoms with Gasteiger partial charge in [-0.1, -0.05) is 6.58 Å². The number of aliphatic carboxylic acids is 1. The van der Waals surface area contributed by atoms with Gasteiger partial charge in [0, 0.05) is 6.08 Å². The average Bonchev–Trinajstić information content (AvgIpc) is 2.07. The van der Waals surface area contributed by atoms with Crippen LogP contribution in [-0.2, 0) is 23.1 Å². The average molecular weight is 215 g/mol. The van der Waals surface area contributed by atoms with E-state index in [-0.39, 0.29) is 0 Å². The van der Waals surface area contributed by atoms with Gasteiger partial charge in [0.15, 0.2) is 0 Å². The number of benzene rings is 1. The fraction of sp³-hybridized carbons (Fsp3) is 0. The third-order valence-corrected chi connectivity index (χ3v) is 2.01. The van der Waals surface area contributed by atoms with Crippen molar-refractivity contribution in [3.63, 3.8) is 0 Å². The summed E-state index contributed by atoms with van der Waals surface area (Å²) in [5.74, 6) is -0.981. The molecule has 0 saturated heterocycles. The van der Waals surface area contributed by atoms with Crippen LogP contribution in [0, 0.1) is 0 Å². The molecule has 1 N–H and O–H groups in total. The molecule has 0 bridgehead atoms. The van der Waals surface area contributed by atoms with E-state index in [0.717, 1.165) is 6.08 Å². The Balaban J connectivity index is 0.000000217. The number of rotatable bonds is 1. The van der Waals surface area contributed by atoms with Gasteiger partial charge >= 0.3 is 58.8 Å². The van der Waals surface area contributed by atoms with Crippen molar-refractivity contribution in [2.24, 2.45) is 0 Å². The van der Waals surface area contributed by atoms with Gasteiger partial charge in [-0.15, -0.1) is 0 Å². The topological polar surface area (TPSA) is 37.3 Å². The molecule has 1 aromatic rings. The van der Waals surface area contributed by atoms with Gasteiger partial charge < -0.3 is 5.11 Å². The van der Waals surface area contributed by atoms with E-state index in [1.54, 1.807) is 0 Å². The minimum absolute atomic E-state index is 0.833. The molecule has 0 heterocycles. The van der Waals surface area contributed by atoms with E-state index in [9.17, 15) is 4.79 Å². The zero-order chi connectivity index (χ0) is 9.40. The molecule has 0 atom stereocenters. The first kappa shape index (κ1) is 11.1. The Morgan fingerprint density at radius 3 is 2.00 bits per heavy atom. The molecule has 0 radical (unpaired) electrons. The van der Waals surface area contributed by atoms with Crippen LogP contribution in [0.25, 0.3) is 0 Å². The van der Waals surface area contributed by atoms with E-state index in [2.05, 4.69) is 30.8 Å². The zero-order valence-electron chi connectivity index (χ0n) is 6.73. The Hall–Kier alpha value is -0.947. The second kappa shape index (κ2) is 6.74. The second-order valence-corrected chi connectivity index (χ2v) is 3.74. The summed E-state index contributed by atoms with van der Waals surface area (Å²) < 4.78 is 1.45. The molecule has 0 fully saturated rings. The van der Waals surface area contributed by atoms with Gasteiger partial charge in [-0.25, -0.2) is 4.79 Å². The number of hydrogen-bond acceptors (Lipinski definition) is 1. The van der Waals surface area contributed by atoms with Crippen molar-refractivity contribution in [3.05, 3.63) is 43.0 Å². The van der Waals surface area contributed by atoms with Crippen molar-refractivity contribution in [3.8, 4) is 0 Å². The summed E-state index contributed by atoms with van der Waals surface area (Å²) in [7, 11) is 0. The van der Waals surface area contributed by atoms with Crippen LogP contribution in [0.4, 0.5) is 0 Å². The molecule has 0 aliphatic rings. The van der Waals surface area contributed by atoms with Crippen molar-refractivity contribution in [1.82, 2.24) is 0 Å². The van der Waals surface area contributed by atoms with E-state index in [0.29, 0.717) is 0 Å². The van der Waals surface area contributed by atoms with E-state index in [1.165, 1.54) is 22.5 Å². The molecule has 59 valence electrons. The maximum atomic E-state index is 9.25. The standard InChI is InChI=1S/C6H5.C3H4O2.Zn/c1-2-4-6-5-3-1;1-2-3(4)5;/h1-5H;2H,1H2,(H,4,5);. The molecular weight excluding hydrogens is 205 g/mol. The fourth-order valence-electron chi connectivity index (χ4n) is 0.478. The molecule has 0 aliphatic carbocycles. The van der Waals surface area contributed by atoms with Crippen LogP contribution in [0.15, 0.2) is 43.0 Å². The third kappa shape index (κ3) is 7.16. The first-order chi connectivity index (χ1) is 5.66. The SMILES string of the molecule is C=CC(=O)O.[Zn][c]1ccccc1. The first-order valence-electron chi connectivity index (χ1n) is 3.39. The van der Waals surface area contributed by atoms with Crippen molar-refractivity contribution >= 4 is 10.1 Å². The van der Waals surface area contributed by atoms with Crippen LogP contribution in [0.1, 0.15) is 0 Å². The minimum atomic E-state index is -0.981. The van der Waals surface area contributed by atoms with Gasteiger partial charge in [-0.2, -0.15) is 0 Å². The molecule has 0 unspecified atom stereocenters. The summed E-state index contributed by atoms with van der Waals surface area (Å²) in [5.41, 5.74) is 0. The molecule has 0 aliphatic heterocycles. The molecule has 1 rings (SSSR count). The Labute approximate surface area is 81.6 Å². The Morgan fingerprint density at radius 1 is 1.42 bits per heavy atom. The summed E-state index contributed by atoms with van der Waals surface area (Å²) in [6.45, 7) is 2.96. The second-order valence-electron chi connectivity index (χ2n) is 2.03. The van der Waals surface area contributed by atoms with Crippen molar-refractivity contribution in [1.29, 1.82) is 0 Å². The maximum absolute atomic E-state index is 9.25. The van der Waals surface area contributed by atoms with E-state index < -0.39 is 5.97 Å². The van der Waals surface area contributed by atoms with Crippen LogP contribution >= 0.6 is 0 Å². The van der Waals surface area contributed by atoms with Crippen molar-refractivity contribution in [2.75, 3.05) is 0 Å². The molecule has 12 heavy (non-hydrogen) atoms. The van der Waals surface area contributed by atoms with Gasteiger partial charge in [0.25, 0.3) is 0 Å². The molecule has 0 spiro atoms. The van der Waals surface area contributed by atoms with Crippen molar-refractivity contribution < 1.29 is 28.2 Å². The van der Waals surface area contributed by atoms with Gasteiger partial charge in [0.1, 0.15) is 0 Å². The third-order valence-electron chi connectivity index (χ3n) is 1.02. The molecule has 2 nitrogen and oxygen atoms in total. The number of carboxylic acid groups (broad SMARTS) is 1. The van der Waals surface area contributed by atoms with Crippen LogP contribution in [0.5, 0.6) is 0 Å². The normalized spacial score (nSPS) is 7.83. The molecule has 0 saturated carbocycles. The summed E-state index contributed by atoms with van der Waals surface area (Å²) in [6, 6.07) is 10.5. The molecular formula is C9H9O2Zn. The van der Waals surface area contributed by atoms with Crippen LogP contribution in [0.3, 0.4) is 0 Å². The van der Waals surface area contributed by atoms with Gasteiger partial charge in [0.05, 0.1) is 0 Å². The summed E-state index contributed by atoms with van der Waals surface area (Å²) >= 11 is 1.26. The van der Waals surface area contributed by atoms with Gasteiger partial charge in [-0.3, -0.25) is 0 Å². The van der Waals surface area contributed by atoms with E-state index in [1.807, 2.05) is 6.07 Å². The number of carbonyl (C=O) groups is 1. The van der Waals surface area contributed by atoms with Crippen LogP contribution in [-0.4, -0.2) is 11.1 Å². The Kier molecular flexibility index (Phi) is 6.21. The van der Waals surface area contributed by atoms with Gasteiger partial charge in [0.2, 0.25) is 0 Å². The first-order valence-corrected chi connectivity index (χ1v) is 4.87. The Bertz CT molecular complexity index is 244. The Morgan fingerprint density at radius 2 is 1.83 bits per heavy atom. The quantitative estimate of drug-likeness (QED) is 0.562.